The van der Waals surface area contributed by atoms with Gasteiger partial charge >= 0.3 is 0 Å². The summed E-state index contributed by atoms with van der Waals surface area (Å²) in [6.45, 7) is 3.69. The van der Waals surface area contributed by atoms with Crippen LogP contribution in [0, 0.1) is 19.7 Å². The molecule has 0 spiro atoms. The summed E-state index contributed by atoms with van der Waals surface area (Å²) < 4.78 is 13.9. The van der Waals surface area contributed by atoms with E-state index in [-0.39, 0.29) is 5.82 Å². The summed E-state index contributed by atoms with van der Waals surface area (Å²) in [4.78, 5) is 8.44. The molecule has 2 rings (SSSR count). The van der Waals surface area contributed by atoms with Crippen molar-refractivity contribution in [1.82, 2.24) is 9.97 Å². The van der Waals surface area contributed by atoms with Crippen molar-refractivity contribution in [1.29, 1.82) is 0 Å². The number of aryl methyl sites for hydroxylation is 2. The third-order valence-electron chi connectivity index (χ3n) is 2.42. The molecular formula is C12H9BrClFN2. The van der Waals surface area contributed by atoms with E-state index in [1.54, 1.807) is 6.07 Å². The molecule has 0 saturated heterocycles. The van der Waals surface area contributed by atoms with Crippen LogP contribution in [0.4, 0.5) is 4.39 Å². The van der Waals surface area contributed by atoms with Crippen molar-refractivity contribution in [2.75, 3.05) is 0 Å². The molecule has 0 radical (unpaired) electrons. The van der Waals surface area contributed by atoms with E-state index in [1.807, 2.05) is 13.8 Å². The van der Waals surface area contributed by atoms with Gasteiger partial charge in [-0.05, 0) is 47.5 Å². The molecule has 0 saturated carbocycles. The van der Waals surface area contributed by atoms with E-state index in [2.05, 4.69) is 25.9 Å². The van der Waals surface area contributed by atoms with Crippen LogP contribution < -0.4 is 0 Å². The molecule has 88 valence electrons. The van der Waals surface area contributed by atoms with Crippen molar-refractivity contribution >= 4 is 27.5 Å². The fourth-order valence-corrected chi connectivity index (χ4v) is 1.87. The van der Waals surface area contributed by atoms with E-state index < -0.39 is 0 Å². The second kappa shape index (κ2) is 4.70. The Morgan fingerprint density at radius 3 is 2.59 bits per heavy atom. The van der Waals surface area contributed by atoms with E-state index in [1.165, 1.54) is 12.1 Å². The molecule has 0 aliphatic rings. The Hall–Kier alpha value is -1.000. The van der Waals surface area contributed by atoms with Crippen LogP contribution in [-0.2, 0) is 0 Å². The van der Waals surface area contributed by atoms with E-state index in [0.29, 0.717) is 21.0 Å². The van der Waals surface area contributed by atoms with Crippen molar-refractivity contribution in [3.8, 4) is 11.4 Å². The number of benzene rings is 1. The molecule has 0 amide bonds. The Kier molecular flexibility index (Phi) is 3.45. The molecule has 2 aromatic rings. The average molecular weight is 316 g/mol. The number of hydrogen-bond acceptors (Lipinski definition) is 2. The van der Waals surface area contributed by atoms with Crippen LogP contribution in [0.15, 0.2) is 22.7 Å². The fourth-order valence-electron chi connectivity index (χ4n) is 1.48. The molecule has 0 bridgehead atoms. The molecule has 1 aromatic carbocycles. The van der Waals surface area contributed by atoms with Crippen LogP contribution in [0.5, 0.6) is 0 Å². The highest BCUT2D eigenvalue weighted by atomic mass is 79.9. The number of hydrogen-bond donors (Lipinski definition) is 0. The zero-order valence-electron chi connectivity index (χ0n) is 9.26. The quantitative estimate of drug-likeness (QED) is 0.733. The largest absolute Gasteiger partial charge is 0.232 e. The molecular weight excluding hydrogens is 307 g/mol. The summed E-state index contributed by atoms with van der Waals surface area (Å²) in [6, 6.07) is 4.51. The summed E-state index contributed by atoms with van der Waals surface area (Å²) in [7, 11) is 0. The van der Waals surface area contributed by atoms with Gasteiger partial charge in [-0.15, -0.1) is 0 Å². The third kappa shape index (κ3) is 2.48. The number of nitrogens with zero attached hydrogens (tertiary/aromatic N) is 2. The van der Waals surface area contributed by atoms with Gasteiger partial charge in [-0.1, -0.05) is 17.7 Å². The molecule has 1 heterocycles. The van der Waals surface area contributed by atoms with Crippen LogP contribution in [-0.4, -0.2) is 9.97 Å². The van der Waals surface area contributed by atoms with Gasteiger partial charge < -0.3 is 0 Å². The molecule has 0 unspecified atom stereocenters. The maximum Gasteiger partial charge on any atom is 0.161 e. The number of aromatic nitrogens is 2. The van der Waals surface area contributed by atoms with Gasteiger partial charge in [0.2, 0.25) is 0 Å². The molecule has 2 nitrogen and oxygen atoms in total. The molecule has 0 atom stereocenters. The zero-order valence-corrected chi connectivity index (χ0v) is 11.6. The smallest absolute Gasteiger partial charge is 0.161 e. The van der Waals surface area contributed by atoms with Crippen molar-refractivity contribution < 1.29 is 4.39 Å². The van der Waals surface area contributed by atoms with Gasteiger partial charge in [0.1, 0.15) is 11.0 Å². The lowest BCUT2D eigenvalue weighted by atomic mass is 10.1. The Balaban J connectivity index is 2.64. The van der Waals surface area contributed by atoms with Gasteiger partial charge in [-0.25, -0.2) is 14.4 Å². The van der Waals surface area contributed by atoms with Crippen molar-refractivity contribution in [2.24, 2.45) is 0 Å². The standard InChI is InChI=1S/C12H9BrClFN2/c1-6-3-4-8(15)5-9(6)12-16-7(2)10(13)11(14)17-12/h3-5H,1-2H3. The van der Waals surface area contributed by atoms with Crippen LogP contribution in [0.3, 0.4) is 0 Å². The molecule has 0 N–H and O–H groups in total. The molecule has 17 heavy (non-hydrogen) atoms. The summed E-state index contributed by atoms with van der Waals surface area (Å²) in [6.07, 6.45) is 0. The number of rotatable bonds is 1. The lowest BCUT2D eigenvalue weighted by molar-refractivity contribution is 0.627. The van der Waals surface area contributed by atoms with E-state index in [9.17, 15) is 4.39 Å². The van der Waals surface area contributed by atoms with Crippen molar-refractivity contribution in [3.05, 3.63) is 44.9 Å². The SMILES string of the molecule is Cc1ccc(F)cc1-c1nc(C)c(Br)c(Cl)n1. The van der Waals surface area contributed by atoms with Crippen LogP contribution in [0.2, 0.25) is 5.15 Å². The molecule has 1 aromatic heterocycles. The normalized spacial score (nSPS) is 10.6. The predicted octanol–water partition coefficient (Wildman–Crippen LogP) is 4.32. The summed E-state index contributed by atoms with van der Waals surface area (Å²) in [5, 5.41) is 0.330. The highest BCUT2D eigenvalue weighted by Gasteiger charge is 2.11. The first-order valence-electron chi connectivity index (χ1n) is 4.95. The topological polar surface area (TPSA) is 25.8 Å². The van der Waals surface area contributed by atoms with Gasteiger partial charge in [-0.2, -0.15) is 0 Å². The molecule has 0 fully saturated rings. The van der Waals surface area contributed by atoms with Crippen molar-refractivity contribution in [3.63, 3.8) is 0 Å². The molecule has 5 heteroatoms. The van der Waals surface area contributed by atoms with Gasteiger partial charge in [0.25, 0.3) is 0 Å². The van der Waals surface area contributed by atoms with Crippen LogP contribution in [0.1, 0.15) is 11.3 Å². The monoisotopic (exact) mass is 314 g/mol. The van der Waals surface area contributed by atoms with Crippen LogP contribution >= 0.6 is 27.5 Å². The Bertz CT molecular complexity index is 564. The Labute approximate surface area is 112 Å². The van der Waals surface area contributed by atoms with E-state index in [0.717, 1.165) is 11.3 Å². The van der Waals surface area contributed by atoms with Gasteiger partial charge in [0, 0.05) is 5.56 Å². The second-order valence-electron chi connectivity index (χ2n) is 3.70. The fraction of sp³-hybridized carbons (Fsp3) is 0.167. The maximum absolute atomic E-state index is 13.2. The minimum atomic E-state index is -0.314. The minimum absolute atomic E-state index is 0.314. The van der Waals surface area contributed by atoms with Gasteiger partial charge in [0.05, 0.1) is 10.2 Å². The van der Waals surface area contributed by atoms with E-state index >= 15 is 0 Å². The first-order chi connectivity index (χ1) is 7.99. The highest BCUT2D eigenvalue weighted by molar-refractivity contribution is 9.10. The van der Waals surface area contributed by atoms with Gasteiger partial charge in [-0.3, -0.25) is 0 Å². The highest BCUT2D eigenvalue weighted by Crippen LogP contribution is 2.28. The summed E-state index contributed by atoms with van der Waals surface area (Å²) in [5.74, 6) is 0.124. The number of halogens is 3. The maximum atomic E-state index is 13.2. The average Bonchev–Trinajstić information content (AvgIpc) is 2.28. The third-order valence-corrected chi connectivity index (χ3v) is 3.87. The first-order valence-corrected chi connectivity index (χ1v) is 6.12. The predicted molar refractivity (Wildman–Crippen MR) is 69.6 cm³/mol. The molecule has 0 aliphatic heterocycles. The van der Waals surface area contributed by atoms with E-state index in [4.69, 9.17) is 11.6 Å². The second-order valence-corrected chi connectivity index (χ2v) is 4.85. The van der Waals surface area contributed by atoms with Crippen molar-refractivity contribution in [2.45, 2.75) is 13.8 Å². The summed E-state index contributed by atoms with van der Waals surface area (Å²) >= 11 is 9.26. The summed E-state index contributed by atoms with van der Waals surface area (Å²) in [5.41, 5.74) is 2.29. The molecule has 0 aliphatic carbocycles. The lowest BCUT2D eigenvalue weighted by Crippen LogP contribution is -1.96. The Morgan fingerprint density at radius 1 is 1.24 bits per heavy atom. The first kappa shape index (κ1) is 12.5. The zero-order chi connectivity index (χ0) is 12.6. The van der Waals surface area contributed by atoms with Gasteiger partial charge in [0.15, 0.2) is 5.82 Å². The van der Waals surface area contributed by atoms with Crippen LogP contribution in [0.25, 0.3) is 11.4 Å². The Morgan fingerprint density at radius 2 is 1.94 bits per heavy atom. The minimum Gasteiger partial charge on any atom is -0.232 e. The lowest BCUT2D eigenvalue weighted by Gasteiger charge is -2.07.